The average Bonchev–Trinajstić information content (AvgIpc) is 2.74. The zero-order chi connectivity index (χ0) is 14.4. The van der Waals surface area contributed by atoms with Crippen molar-refractivity contribution in [2.75, 3.05) is 0 Å². The van der Waals surface area contributed by atoms with E-state index in [9.17, 15) is 4.79 Å². The molecule has 0 spiro atoms. The van der Waals surface area contributed by atoms with Crippen molar-refractivity contribution in [1.29, 1.82) is 0 Å². The number of aryl methyl sites for hydroxylation is 1. The molecule has 0 aromatic heterocycles. The van der Waals surface area contributed by atoms with E-state index in [-0.39, 0.29) is 10.8 Å². The van der Waals surface area contributed by atoms with Crippen molar-refractivity contribution in [3.8, 4) is 0 Å². The Morgan fingerprint density at radius 3 is 2.50 bits per heavy atom. The highest BCUT2D eigenvalue weighted by atomic mass is 16.1. The van der Waals surface area contributed by atoms with Gasteiger partial charge < -0.3 is 0 Å². The van der Waals surface area contributed by atoms with Crippen molar-refractivity contribution >= 4 is 5.78 Å². The number of carbonyl (C=O) groups is 1. The minimum Gasteiger partial charge on any atom is -0.294 e. The summed E-state index contributed by atoms with van der Waals surface area (Å²) >= 11 is 0. The Kier molecular flexibility index (Phi) is 3.12. The van der Waals surface area contributed by atoms with Gasteiger partial charge in [-0.15, -0.1) is 0 Å². The summed E-state index contributed by atoms with van der Waals surface area (Å²) in [5.41, 5.74) is 2.50. The van der Waals surface area contributed by atoms with E-state index in [2.05, 4.69) is 51.1 Å². The first-order chi connectivity index (χ1) is 9.47. The smallest absolute Gasteiger partial charge is 0.165 e. The lowest BCUT2D eigenvalue weighted by molar-refractivity contribution is -0.125. The second-order valence-corrected chi connectivity index (χ2v) is 7.16. The molecule has 0 saturated heterocycles. The lowest BCUT2D eigenvalue weighted by Crippen LogP contribution is -2.32. The first-order valence-electron chi connectivity index (χ1n) is 7.75. The molecule has 2 aliphatic carbocycles. The third kappa shape index (κ3) is 1.79. The first-order valence-corrected chi connectivity index (χ1v) is 7.75. The topological polar surface area (TPSA) is 17.1 Å². The molecule has 0 amide bonds. The summed E-state index contributed by atoms with van der Waals surface area (Å²) in [7, 11) is 0. The Morgan fingerprint density at radius 1 is 1.20 bits per heavy atom. The van der Waals surface area contributed by atoms with Gasteiger partial charge in [-0.2, -0.15) is 0 Å². The van der Waals surface area contributed by atoms with Crippen LogP contribution in [0.4, 0.5) is 0 Å². The van der Waals surface area contributed by atoms with E-state index >= 15 is 0 Å². The van der Waals surface area contributed by atoms with Crippen LogP contribution in [0.3, 0.4) is 0 Å². The quantitative estimate of drug-likeness (QED) is 0.734. The van der Waals surface area contributed by atoms with Gasteiger partial charge in [0.05, 0.1) is 0 Å². The molecule has 2 saturated carbocycles. The number of hydrogen-bond donors (Lipinski definition) is 0. The lowest BCUT2D eigenvalue weighted by atomic mass is 9.70. The number of fused-ring (bicyclic) bond motifs is 2. The molecule has 0 radical (unpaired) electrons. The molecule has 0 heterocycles. The van der Waals surface area contributed by atoms with Crippen molar-refractivity contribution in [2.24, 2.45) is 16.7 Å². The third-order valence-corrected chi connectivity index (χ3v) is 6.01. The number of carbonyl (C=O) groups excluding carboxylic acids is 1. The third-order valence-electron chi connectivity index (χ3n) is 6.01. The SMILES string of the molecule is CC1(C)[C@H]2CC[C@@]1(C)C(=O)/C2=C\CCc1ccccc1. The van der Waals surface area contributed by atoms with Crippen molar-refractivity contribution in [3.63, 3.8) is 0 Å². The van der Waals surface area contributed by atoms with Crippen LogP contribution in [-0.2, 0) is 11.2 Å². The Balaban J connectivity index is 1.76. The fraction of sp³-hybridized carbons (Fsp3) is 0.526. The number of hydrogen-bond acceptors (Lipinski definition) is 1. The monoisotopic (exact) mass is 268 g/mol. The maximum absolute atomic E-state index is 12.7. The zero-order valence-corrected chi connectivity index (χ0v) is 12.8. The van der Waals surface area contributed by atoms with Gasteiger partial charge in [0.1, 0.15) is 0 Å². The van der Waals surface area contributed by atoms with Gasteiger partial charge in [-0.25, -0.2) is 0 Å². The van der Waals surface area contributed by atoms with Crippen LogP contribution in [0.1, 0.15) is 45.6 Å². The van der Waals surface area contributed by atoms with E-state index in [4.69, 9.17) is 0 Å². The maximum Gasteiger partial charge on any atom is 0.165 e. The standard InChI is InChI=1S/C19H24O/c1-18(2)16-12-13-19(18,3)17(20)15(16)11-7-10-14-8-5-4-6-9-14/h4-6,8-9,11,16H,7,10,12-13H2,1-3H3/b15-11-/t16-,19-/m0/s1. The normalized spacial score (nSPS) is 33.0. The van der Waals surface area contributed by atoms with Gasteiger partial charge in [0.25, 0.3) is 0 Å². The van der Waals surface area contributed by atoms with Gasteiger partial charge in [0.2, 0.25) is 0 Å². The largest absolute Gasteiger partial charge is 0.294 e. The summed E-state index contributed by atoms with van der Waals surface area (Å²) in [5.74, 6) is 0.905. The van der Waals surface area contributed by atoms with Crippen molar-refractivity contribution in [3.05, 3.63) is 47.5 Å². The Bertz CT molecular complexity index is 552. The number of rotatable bonds is 3. The van der Waals surface area contributed by atoms with Crippen LogP contribution in [0.2, 0.25) is 0 Å². The highest BCUT2D eigenvalue weighted by Gasteiger charge is 2.63. The molecule has 1 nitrogen and oxygen atoms in total. The second-order valence-electron chi connectivity index (χ2n) is 7.16. The first kappa shape index (κ1) is 13.6. The van der Waals surface area contributed by atoms with Crippen molar-refractivity contribution in [2.45, 2.75) is 46.5 Å². The Hall–Kier alpha value is -1.37. The highest BCUT2D eigenvalue weighted by Crippen LogP contribution is 2.65. The number of benzene rings is 1. The van der Waals surface area contributed by atoms with Gasteiger partial charge in [-0.05, 0) is 48.2 Å². The fourth-order valence-corrected chi connectivity index (χ4v) is 4.20. The molecule has 1 heteroatoms. The van der Waals surface area contributed by atoms with Crippen LogP contribution in [0, 0.1) is 16.7 Å². The summed E-state index contributed by atoms with van der Waals surface area (Å²) in [6, 6.07) is 10.5. The molecular formula is C19H24O. The van der Waals surface area contributed by atoms with Gasteiger partial charge in [0.15, 0.2) is 5.78 Å². The summed E-state index contributed by atoms with van der Waals surface area (Å²) in [6.07, 6.45) is 6.49. The van der Waals surface area contributed by atoms with Gasteiger partial charge in [-0.1, -0.05) is 57.2 Å². The molecular weight excluding hydrogens is 244 g/mol. The zero-order valence-electron chi connectivity index (χ0n) is 12.8. The number of ketones is 1. The molecule has 1 aromatic carbocycles. The van der Waals surface area contributed by atoms with Crippen LogP contribution in [-0.4, -0.2) is 5.78 Å². The minimum atomic E-state index is -0.115. The van der Waals surface area contributed by atoms with E-state index in [1.807, 2.05) is 6.07 Å². The van der Waals surface area contributed by atoms with E-state index in [1.165, 1.54) is 12.0 Å². The molecule has 2 bridgehead atoms. The number of allylic oxidation sites excluding steroid dienone is 2. The Labute approximate surface area is 122 Å². The summed E-state index contributed by atoms with van der Waals surface area (Å²) < 4.78 is 0. The van der Waals surface area contributed by atoms with Gasteiger partial charge >= 0.3 is 0 Å². The molecule has 2 fully saturated rings. The van der Waals surface area contributed by atoms with Crippen molar-refractivity contribution < 1.29 is 4.79 Å². The predicted molar refractivity (Wildman–Crippen MR) is 82.5 cm³/mol. The minimum absolute atomic E-state index is 0.115. The summed E-state index contributed by atoms with van der Waals surface area (Å²) in [4.78, 5) is 12.7. The van der Waals surface area contributed by atoms with E-state index in [0.29, 0.717) is 11.7 Å². The van der Waals surface area contributed by atoms with Crippen LogP contribution in [0.15, 0.2) is 42.0 Å². The highest BCUT2D eigenvalue weighted by molar-refractivity contribution is 6.04. The second kappa shape index (κ2) is 4.58. The maximum atomic E-state index is 12.7. The van der Waals surface area contributed by atoms with Crippen LogP contribution in [0.5, 0.6) is 0 Å². The molecule has 2 atom stereocenters. The Morgan fingerprint density at radius 2 is 1.90 bits per heavy atom. The molecule has 1 aromatic rings. The van der Waals surface area contributed by atoms with Gasteiger partial charge in [-0.3, -0.25) is 4.79 Å². The van der Waals surface area contributed by atoms with E-state index < -0.39 is 0 Å². The molecule has 0 N–H and O–H groups in total. The van der Waals surface area contributed by atoms with Gasteiger partial charge in [0, 0.05) is 5.41 Å². The van der Waals surface area contributed by atoms with Crippen LogP contribution >= 0.6 is 0 Å². The number of Topliss-reactive ketones (excluding diaryl/α,β-unsaturated/α-hetero) is 1. The molecule has 106 valence electrons. The van der Waals surface area contributed by atoms with Crippen LogP contribution < -0.4 is 0 Å². The summed E-state index contributed by atoms with van der Waals surface area (Å²) in [6.45, 7) is 6.73. The molecule has 3 rings (SSSR count). The predicted octanol–water partition coefficient (Wildman–Crippen LogP) is 4.57. The van der Waals surface area contributed by atoms with E-state index in [0.717, 1.165) is 24.8 Å². The molecule has 20 heavy (non-hydrogen) atoms. The molecule has 0 unspecified atom stereocenters. The average molecular weight is 268 g/mol. The summed E-state index contributed by atoms with van der Waals surface area (Å²) in [5, 5.41) is 0. The van der Waals surface area contributed by atoms with E-state index in [1.54, 1.807) is 0 Å². The molecule has 0 aliphatic heterocycles. The van der Waals surface area contributed by atoms with Crippen LogP contribution in [0.25, 0.3) is 0 Å². The van der Waals surface area contributed by atoms with Crippen molar-refractivity contribution in [1.82, 2.24) is 0 Å². The lowest BCUT2D eigenvalue weighted by Gasteiger charge is -2.31. The molecule has 2 aliphatic rings. The fourth-order valence-electron chi connectivity index (χ4n) is 4.20.